The molecule has 1 heterocycles. The number of alkyl halides is 2. The predicted octanol–water partition coefficient (Wildman–Crippen LogP) is 5.04. The second-order valence-corrected chi connectivity index (χ2v) is 4.95. The molecule has 0 bridgehead atoms. The van der Waals surface area contributed by atoms with E-state index in [1.165, 1.54) is 17.0 Å². The molecule has 1 aliphatic heterocycles. The molecule has 0 N–H and O–H groups in total. The quantitative estimate of drug-likeness (QED) is 0.754. The van der Waals surface area contributed by atoms with Crippen LogP contribution in [-0.4, -0.2) is 17.9 Å². The summed E-state index contributed by atoms with van der Waals surface area (Å²) in [5, 5.41) is 0.405. The second kappa shape index (κ2) is 5.94. The van der Waals surface area contributed by atoms with E-state index in [2.05, 4.69) is 6.58 Å². The van der Waals surface area contributed by atoms with E-state index in [9.17, 15) is 13.2 Å². The van der Waals surface area contributed by atoms with Crippen LogP contribution in [0, 0.1) is 5.82 Å². The minimum atomic E-state index is -2.57. The lowest BCUT2D eigenvalue weighted by Gasteiger charge is -2.31. The van der Waals surface area contributed by atoms with Gasteiger partial charge in [0.2, 0.25) is 0 Å². The lowest BCUT2D eigenvalue weighted by atomic mass is 10.1. The molecule has 0 spiro atoms. The fourth-order valence-electron chi connectivity index (χ4n) is 1.89. The van der Waals surface area contributed by atoms with Crippen LogP contribution in [0.3, 0.4) is 0 Å². The van der Waals surface area contributed by atoms with Crippen LogP contribution in [0.5, 0.6) is 0 Å². The van der Waals surface area contributed by atoms with Crippen molar-refractivity contribution in [3.8, 4) is 0 Å². The molecule has 0 saturated heterocycles. The predicted molar refractivity (Wildman–Crippen MR) is 75.2 cm³/mol. The fraction of sp³-hybridized carbons (Fsp3) is 0.143. The van der Waals surface area contributed by atoms with Crippen LogP contribution in [0.1, 0.15) is 5.56 Å². The summed E-state index contributed by atoms with van der Waals surface area (Å²) in [5.41, 5.74) is 1.10. The second-order valence-electron chi connectivity index (χ2n) is 4.14. The van der Waals surface area contributed by atoms with Gasteiger partial charge in [0.1, 0.15) is 5.82 Å². The third-order valence-corrected chi connectivity index (χ3v) is 3.46. The van der Waals surface area contributed by atoms with E-state index < -0.39 is 18.8 Å². The van der Waals surface area contributed by atoms with Gasteiger partial charge in [0, 0.05) is 5.56 Å². The molecule has 1 nitrogen and oxygen atoms in total. The van der Waals surface area contributed by atoms with E-state index in [-0.39, 0.29) is 15.8 Å². The van der Waals surface area contributed by atoms with Gasteiger partial charge in [0.05, 0.1) is 28.0 Å². The zero-order chi connectivity index (χ0) is 14.9. The number of hydrogen-bond acceptors (Lipinski definition) is 1. The summed E-state index contributed by atoms with van der Waals surface area (Å²) in [5.74, 6) is -0.497. The first-order valence-electron chi connectivity index (χ1n) is 5.68. The number of halogens is 5. The molecular weight excluding hydrogens is 310 g/mol. The zero-order valence-electron chi connectivity index (χ0n) is 10.2. The smallest absolute Gasteiger partial charge is 0.256 e. The minimum Gasteiger partial charge on any atom is -0.334 e. The van der Waals surface area contributed by atoms with E-state index in [0.717, 1.165) is 6.07 Å². The van der Waals surface area contributed by atoms with Gasteiger partial charge < -0.3 is 4.90 Å². The largest absolute Gasteiger partial charge is 0.334 e. The van der Waals surface area contributed by atoms with Gasteiger partial charge in [-0.1, -0.05) is 29.8 Å². The summed E-state index contributed by atoms with van der Waals surface area (Å²) in [6.07, 6.45) is 0.524. The van der Waals surface area contributed by atoms with Gasteiger partial charge in [-0.2, -0.15) is 0 Å². The zero-order valence-corrected chi connectivity index (χ0v) is 11.7. The van der Waals surface area contributed by atoms with Crippen molar-refractivity contribution in [1.82, 2.24) is 4.90 Å². The Labute approximate surface area is 124 Å². The Bertz CT molecular complexity index is 608. The van der Waals surface area contributed by atoms with Crippen LogP contribution in [0.25, 0.3) is 5.70 Å². The van der Waals surface area contributed by atoms with Gasteiger partial charge in [0.25, 0.3) is 6.43 Å². The monoisotopic (exact) mass is 319 g/mol. The van der Waals surface area contributed by atoms with Crippen LogP contribution in [0.4, 0.5) is 13.2 Å². The first-order chi connectivity index (χ1) is 9.40. The highest BCUT2D eigenvalue weighted by Crippen LogP contribution is 2.35. The fourth-order valence-corrected chi connectivity index (χ4v) is 2.32. The molecule has 0 fully saturated rings. The highest BCUT2D eigenvalue weighted by atomic mass is 35.5. The Morgan fingerprint density at radius 2 is 1.90 bits per heavy atom. The summed E-state index contributed by atoms with van der Waals surface area (Å²) >= 11 is 11.9. The van der Waals surface area contributed by atoms with Gasteiger partial charge in [-0.15, -0.1) is 0 Å². The molecule has 106 valence electrons. The molecule has 20 heavy (non-hydrogen) atoms. The summed E-state index contributed by atoms with van der Waals surface area (Å²) in [6.45, 7) is 3.12. The summed E-state index contributed by atoms with van der Waals surface area (Å²) < 4.78 is 38.5. The highest BCUT2D eigenvalue weighted by Gasteiger charge is 2.24. The standard InChI is InChI=1S/C14H10Cl2F3N/c1-8-11(15)4-5-13(20(8)7-14(18)19)10-3-2-9(17)6-12(10)16/h2-6,14H,1,7H2. The average molecular weight is 320 g/mol. The Morgan fingerprint density at radius 1 is 1.20 bits per heavy atom. The highest BCUT2D eigenvalue weighted by molar-refractivity contribution is 6.33. The average Bonchev–Trinajstić information content (AvgIpc) is 2.36. The van der Waals surface area contributed by atoms with Crippen molar-refractivity contribution in [1.29, 1.82) is 0 Å². The van der Waals surface area contributed by atoms with Crippen molar-refractivity contribution in [2.75, 3.05) is 6.54 Å². The number of rotatable bonds is 3. The summed E-state index contributed by atoms with van der Waals surface area (Å²) in [7, 11) is 0. The van der Waals surface area contributed by atoms with Crippen LogP contribution >= 0.6 is 23.2 Å². The molecule has 0 amide bonds. The maximum absolute atomic E-state index is 13.1. The van der Waals surface area contributed by atoms with Crippen LogP contribution in [0.2, 0.25) is 5.02 Å². The lowest BCUT2D eigenvalue weighted by molar-refractivity contribution is 0.123. The Hall–Kier alpha value is -1.39. The minimum absolute atomic E-state index is 0.134. The molecule has 1 aromatic rings. The Morgan fingerprint density at radius 3 is 2.50 bits per heavy atom. The Kier molecular flexibility index (Phi) is 4.45. The Balaban J connectivity index is 2.48. The van der Waals surface area contributed by atoms with Gasteiger partial charge >= 0.3 is 0 Å². The summed E-state index contributed by atoms with van der Waals surface area (Å²) in [4.78, 5) is 1.27. The number of benzene rings is 1. The van der Waals surface area contributed by atoms with Gasteiger partial charge in [-0.05, 0) is 30.4 Å². The SMILES string of the molecule is C=C1C(Cl)=CC=C(c2ccc(F)cc2Cl)N1CC(F)F. The van der Waals surface area contributed by atoms with Gasteiger partial charge in [-0.25, -0.2) is 13.2 Å². The first kappa shape index (κ1) is 15.0. The van der Waals surface area contributed by atoms with Gasteiger partial charge in [-0.3, -0.25) is 0 Å². The molecule has 0 radical (unpaired) electrons. The van der Waals surface area contributed by atoms with Crippen LogP contribution in [-0.2, 0) is 0 Å². The van der Waals surface area contributed by atoms with E-state index in [4.69, 9.17) is 23.2 Å². The molecule has 1 aliphatic rings. The van der Waals surface area contributed by atoms with Crippen LogP contribution < -0.4 is 0 Å². The lowest BCUT2D eigenvalue weighted by Crippen LogP contribution is -2.28. The van der Waals surface area contributed by atoms with Crippen molar-refractivity contribution >= 4 is 28.9 Å². The van der Waals surface area contributed by atoms with Crippen molar-refractivity contribution in [2.24, 2.45) is 0 Å². The third kappa shape index (κ3) is 3.02. The third-order valence-electron chi connectivity index (χ3n) is 2.81. The molecule has 2 rings (SSSR count). The molecule has 0 atom stereocenters. The topological polar surface area (TPSA) is 3.24 Å². The molecule has 6 heteroatoms. The van der Waals surface area contributed by atoms with E-state index in [1.807, 2.05) is 0 Å². The molecule has 0 aromatic heterocycles. The number of nitrogens with zero attached hydrogens (tertiary/aromatic N) is 1. The van der Waals surface area contributed by atoms with Gasteiger partial charge in [0.15, 0.2) is 0 Å². The number of allylic oxidation sites excluding steroid dienone is 3. The maximum Gasteiger partial charge on any atom is 0.256 e. The molecule has 0 unspecified atom stereocenters. The van der Waals surface area contributed by atoms with E-state index in [1.54, 1.807) is 12.2 Å². The van der Waals surface area contributed by atoms with Crippen molar-refractivity contribution in [3.63, 3.8) is 0 Å². The van der Waals surface area contributed by atoms with Crippen LogP contribution in [0.15, 0.2) is 47.7 Å². The van der Waals surface area contributed by atoms with Crippen molar-refractivity contribution in [3.05, 3.63) is 64.1 Å². The molecular formula is C14H10Cl2F3N. The van der Waals surface area contributed by atoms with Crippen molar-refractivity contribution < 1.29 is 13.2 Å². The number of hydrogen-bond donors (Lipinski definition) is 0. The van der Waals surface area contributed by atoms with E-state index in [0.29, 0.717) is 11.3 Å². The molecule has 1 aromatic carbocycles. The normalized spacial score (nSPS) is 15.5. The maximum atomic E-state index is 13.1. The summed E-state index contributed by atoms with van der Waals surface area (Å²) in [6, 6.07) is 3.77. The first-order valence-corrected chi connectivity index (χ1v) is 6.43. The molecule has 0 saturated carbocycles. The van der Waals surface area contributed by atoms with E-state index >= 15 is 0 Å². The van der Waals surface area contributed by atoms with Crippen molar-refractivity contribution in [2.45, 2.75) is 6.43 Å². The molecule has 0 aliphatic carbocycles.